The Balaban J connectivity index is 1.41. The molecular formula is C20H15N5O2S. The van der Waals surface area contributed by atoms with E-state index in [1.165, 1.54) is 11.3 Å². The van der Waals surface area contributed by atoms with Gasteiger partial charge in [0.05, 0.1) is 29.3 Å². The first-order chi connectivity index (χ1) is 13.7. The maximum absolute atomic E-state index is 12.2. The monoisotopic (exact) mass is 389 g/mol. The minimum absolute atomic E-state index is 0.0532. The number of carbonyl (C=O) groups excluding carboxylic acids is 1. The summed E-state index contributed by atoms with van der Waals surface area (Å²) in [6.07, 6.45) is 0.233. The van der Waals surface area contributed by atoms with Gasteiger partial charge in [-0.15, -0.1) is 21.5 Å². The summed E-state index contributed by atoms with van der Waals surface area (Å²) < 4.78 is 6.30. The van der Waals surface area contributed by atoms with Crippen LogP contribution in [0.1, 0.15) is 16.8 Å². The van der Waals surface area contributed by atoms with Crippen LogP contribution in [0.25, 0.3) is 21.3 Å². The third kappa shape index (κ3) is 4.05. The number of benzene rings is 2. The second kappa shape index (κ2) is 7.98. The number of hydrogen-bond donors (Lipinski definition) is 1. The number of hydrogen-bond acceptors (Lipinski definition) is 7. The van der Waals surface area contributed by atoms with E-state index in [2.05, 4.69) is 38.7 Å². The molecule has 0 saturated heterocycles. The number of carbonyl (C=O) groups is 1. The van der Waals surface area contributed by atoms with E-state index >= 15 is 0 Å². The molecule has 0 atom stereocenters. The molecule has 8 heteroatoms. The smallest absolute Gasteiger partial charge is 0.235 e. The summed E-state index contributed by atoms with van der Waals surface area (Å²) in [5.74, 6) is 0.338. The molecule has 0 fully saturated rings. The molecule has 28 heavy (non-hydrogen) atoms. The van der Waals surface area contributed by atoms with Gasteiger partial charge in [0, 0.05) is 0 Å². The molecule has 0 aliphatic carbocycles. The first-order valence-corrected chi connectivity index (χ1v) is 9.43. The van der Waals surface area contributed by atoms with Gasteiger partial charge in [0.1, 0.15) is 11.4 Å². The van der Waals surface area contributed by atoms with Gasteiger partial charge in [-0.25, -0.2) is 4.98 Å². The van der Waals surface area contributed by atoms with Crippen molar-refractivity contribution in [3.63, 3.8) is 0 Å². The normalized spacial score (nSPS) is 10.7. The zero-order valence-electron chi connectivity index (χ0n) is 14.8. The molecule has 0 spiro atoms. The predicted octanol–water partition coefficient (Wildman–Crippen LogP) is 3.27. The van der Waals surface area contributed by atoms with Crippen LogP contribution < -0.4 is 5.32 Å². The standard InChI is InChI=1S/C20H15N5O2S/c21-9-8-18-24-25-19(27-18)12-22-17(26)11-20-23-15-7-6-14(10-16(15)28-20)13-4-2-1-3-5-13/h1-7,10H,8,11-12H2,(H,22,26). The van der Waals surface area contributed by atoms with Crippen LogP contribution in [-0.4, -0.2) is 21.1 Å². The Labute approximate surface area is 164 Å². The summed E-state index contributed by atoms with van der Waals surface area (Å²) in [5.41, 5.74) is 3.15. The van der Waals surface area contributed by atoms with Crippen molar-refractivity contribution < 1.29 is 9.21 Å². The van der Waals surface area contributed by atoms with Crippen molar-refractivity contribution in [3.05, 3.63) is 65.3 Å². The summed E-state index contributed by atoms with van der Waals surface area (Å²) in [6, 6.07) is 18.2. The molecule has 7 nitrogen and oxygen atoms in total. The lowest BCUT2D eigenvalue weighted by Crippen LogP contribution is -2.24. The van der Waals surface area contributed by atoms with Crippen molar-refractivity contribution in [2.24, 2.45) is 0 Å². The number of aromatic nitrogens is 3. The third-order valence-corrected chi connectivity index (χ3v) is 5.05. The average molecular weight is 389 g/mol. The lowest BCUT2D eigenvalue weighted by Gasteiger charge is -2.00. The van der Waals surface area contributed by atoms with E-state index < -0.39 is 0 Å². The summed E-state index contributed by atoms with van der Waals surface area (Å²) >= 11 is 1.51. The Morgan fingerprint density at radius 1 is 1.11 bits per heavy atom. The Hall–Kier alpha value is -3.57. The first kappa shape index (κ1) is 17.8. The lowest BCUT2D eigenvalue weighted by molar-refractivity contribution is -0.120. The molecule has 0 bridgehead atoms. The highest BCUT2D eigenvalue weighted by atomic mass is 32.1. The van der Waals surface area contributed by atoms with E-state index in [1.54, 1.807) is 0 Å². The van der Waals surface area contributed by atoms with Crippen LogP contribution in [0.2, 0.25) is 0 Å². The van der Waals surface area contributed by atoms with Gasteiger partial charge in [0.15, 0.2) is 0 Å². The summed E-state index contributed by atoms with van der Waals surface area (Å²) in [7, 11) is 0. The molecule has 0 aliphatic rings. The van der Waals surface area contributed by atoms with Crippen LogP contribution in [0.5, 0.6) is 0 Å². The maximum Gasteiger partial charge on any atom is 0.235 e. The fourth-order valence-electron chi connectivity index (χ4n) is 2.73. The van der Waals surface area contributed by atoms with Gasteiger partial charge >= 0.3 is 0 Å². The third-order valence-electron chi connectivity index (χ3n) is 4.03. The molecule has 2 heterocycles. The van der Waals surface area contributed by atoms with E-state index in [4.69, 9.17) is 9.68 Å². The molecule has 1 amide bonds. The van der Waals surface area contributed by atoms with Gasteiger partial charge < -0.3 is 9.73 Å². The molecule has 2 aromatic carbocycles. The van der Waals surface area contributed by atoms with Crippen molar-refractivity contribution in [1.82, 2.24) is 20.5 Å². The van der Waals surface area contributed by atoms with Crippen molar-refractivity contribution >= 4 is 27.5 Å². The first-order valence-electron chi connectivity index (χ1n) is 8.61. The van der Waals surface area contributed by atoms with Crippen LogP contribution >= 0.6 is 11.3 Å². The Morgan fingerprint density at radius 3 is 2.75 bits per heavy atom. The van der Waals surface area contributed by atoms with E-state index in [0.29, 0.717) is 0 Å². The number of fused-ring (bicyclic) bond motifs is 1. The second-order valence-electron chi connectivity index (χ2n) is 6.03. The molecular weight excluding hydrogens is 374 g/mol. The minimum atomic E-state index is -0.178. The van der Waals surface area contributed by atoms with Gasteiger partial charge in [0.2, 0.25) is 17.7 Å². The maximum atomic E-state index is 12.2. The topological polar surface area (TPSA) is 105 Å². The van der Waals surface area contributed by atoms with Crippen LogP contribution in [0, 0.1) is 11.3 Å². The Morgan fingerprint density at radius 2 is 1.93 bits per heavy atom. The molecule has 0 radical (unpaired) electrons. The van der Waals surface area contributed by atoms with E-state index in [9.17, 15) is 4.79 Å². The van der Waals surface area contributed by atoms with Gasteiger partial charge in [-0.2, -0.15) is 5.26 Å². The van der Waals surface area contributed by atoms with Gasteiger partial charge in [0.25, 0.3) is 0 Å². The highest BCUT2D eigenvalue weighted by Crippen LogP contribution is 2.28. The zero-order valence-corrected chi connectivity index (χ0v) is 15.6. The molecule has 4 aromatic rings. The number of nitrogens with zero attached hydrogens (tertiary/aromatic N) is 4. The largest absolute Gasteiger partial charge is 0.422 e. The number of nitriles is 1. The SMILES string of the molecule is N#CCc1nnc(CNC(=O)Cc2nc3ccc(-c4ccccc4)cc3s2)o1. The highest BCUT2D eigenvalue weighted by molar-refractivity contribution is 7.18. The van der Waals surface area contributed by atoms with Crippen LogP contribution in [0.4, 0.5) is 0 Å². The fraction of sp³-hybridized carbons (Fsp3) is 0.150. The van der Waals surface area contributed by atoms with Gasteiger partial charge in [-0.1, -0.05) is 36.4 Å². The zero-order chi connectivity index (χ0) is 19.3. The summed E-state index contributed by atoms with van der Waals surface area (Å²) in [5, 5.41) is 19.6. The second-order valence-corrected chi connectivity index (χ2v) is 7.15. The number of rotatable bonds is 6. The highest BCUT2D eigenvalue weighted by Gasteiger charge is 2.12. The molecule has 138 valence electrons. The van der Waals surface area contributed by atoms with Crippen LogP contribution in [0.15, 0.2) is 52.9 Å². The number of thiazole rings is 1. The Bertz CT molecular complexity index is 1160. The predicted molar refractivity (Wildman–Crippen MR) is 104 cm³/mol. The quantitative estimate of drug-likeness (QED) is 0.543. The Kier molecular flexibility index (Phi) is 5.08. The van der Waals surface area contributed by atoms with Crippen molar-refractivity contribution in [1.29, 1.82) is 5.26 Å². The molecule has 0 aliphatic heterocycles. The van der Waals surface area contributed by atoms with Crippen molar-refractivity contribution in [2.45, 2.75) is 19.4 Å². The van der Waals surface area contributed by atoms with Crippen LogP contribution in [-0.2, 0) is 24.2 Å². The molecule has 4 rings (SSSR count). The van der Waals surface area contributed by atoms with E-state index in [1.807, 2.05) is 36.4 Å². The van der Waals surface area contributed by atoms with Crippen molar-refractivity contribution in [3.8, 4) is 17.2 Å². The minimum Gasteiger partial charge on any atom is -0.422 e. The van der Waals surface area contributed by atoms with Crippen molar-refractivity contribution in [2.75, 3.05) is 0 Å². The average Bonchev–Trinajstić information content (AvgIpc) is 3.33. The molecule has 2 aromatic heterocycles. The summed E-state index contributed by atoms with van der Waals surface area (Å²) in [4.78, 5) is 16.7. The lowest BCUT2D eigenvalue weighted by atomic mass is 10.1. The van der Waals surface area contributed by atoms with Gasteiger partial charge in [-0.05, 0) is 23.3 Å². The van der Waals surface area contributed by atoms with Gasteiger partial charge in [-0.3, -0.25) is 4.79 Å². The molecule has 0 saturated carbocycles. The molecule has 0 unspecified atom stereocenters. The number of amides is 1. The van der Waals surface area contributed by atoms with E-state index in [-0.39, 0.29) is 37.1 Å². The molecule has 1 N–H and O–H groups in total. The summed E-state index contributed by atoms with van der Waals surface area (Å²) in [6.45, 7) is 0.125. The number of nitrogens with one attached hydrogen (secondary N) is 1. The fourth-order valence-corrected chi connectivity index (χ4v) is 3.74. The van der Waals surface area contributed by atoms with E-state index in [0.717, 1.165) is 26.4 Å². The van der Waals surface area contributed by atoms with Crippen LogP contribution in [0.3, 0.4) is 0 Å².